The van der Waals surface area contributed by atoms with Gasteiger partial charge in [0.05, 0.1) is 11.6 Å². The molecule has 7 heteroatoms. The van der Waals surface area contributed by atoms with Gasteiger partial charge in [0, 0.05) is 17.6 Å². The molecule has 1 N–H and O–H groups in total. The van der Waals surface area contributed by atoms with E-state index in [1.165, 1.54) is 6.07 Å². The van der Waals surface area contributed by atoms with E-state index in [-0.39, 0.29) is 15.8 Å². The molecular formula is C12H15BrClNO3S. The highest BCUT2D eigenvalue weighted by atomic mass is 79.9. The van der Waals surface area contributed by atoms with E-state index in [1.54, 1.807) is 12.1 Å². The fourth-order valence-electron chi connectivity index (χ4n) is 1.97. The van der Waals surface area contributed by atoms with Crippen LogP contribution in [-0.4, -0.2) is 28.2 Å². The van der Waals surface area contributed by atoms with Gasteiger partial charge in [-0.05, 0) is 37.0 Å². The third kappa shape index (κ3) is 4.16. The molecular weight excluding hydrogens is 354 g/mol. The van der Waals surface area contributed by atoms with Crippen molar-refractivity contribution in [3.63, 3.8) is 0 Å². The average Bonchev–Trinajstić information content (AvgIpc) is 2.37. The Hall–Kier alpha value is -0.140. The second-order valence-electron chi connectivity index (χ2n) is 4.51. The van der Waals surface area contributed by atoms with Crippen LogP contribution in [0.2, 0.25) is 5.02 Å². The second-order valence-corrected chi connectivity index (χ2v) is 7.57. The molecule has 4 nitrogen and oxygen atoms in total. The molecule has 19 heavy (non-hydrogen) atoms. The Balaban J connectivity index is 2.05. The van der Waals surface area contributed by atoms with E-state index in [2.05, 4.69) is 20.7 Å². The Morgan fingerprint density at radius 3 is 2.89 bits per heavy atom. The lowest BCUT2D eigenvalue weighted by atomic mass is 10.0. The number of ether oxygens (including phenoxy) is 1. The van der Waals surface area contributed by atoms with Gasteiger partial charge in [0.15, 0.2) is 0 Å². The molecule has 1 aliphatic rings. The number of sulfonamides is 1. The van der Waals surface area contributed by atoms with Crippen LogP contribution in [0.1, 0.15) is 12.8 Å². The van der Waals surface area contributed by atoms with Crippen molar-refractivity contribution in [3.8, 4) is 0 Å². The molecule has 1 atom stereocenters. The van der Waals surface area contributed by atoms with Crippen molar-refractivity contribution in [3.05, 3.63) is 27.7 Å². The highest BCUT2D eigenvalue weighted by Gasteiger charge is 2.21. The largest absolute Gasteiger partial charge is 0.381 e. The molecule has 1 unspecified atom stereocenters. The lowest BCUT2D eigenvalue weighted by molar-refractivity contribution is 0.0568. The quantitative estimate of drug-likeness (QED) is 0.889. The van der Waals surface area contributed by atoms with Crippen molar-refractivity contribution in [2.75, 3.05) is 19.8 Å². The lowest BCUT2D eigenvalue weighted by Gasteiger charge is -2.22. The normalized spacial score (nSPS) is 20.4. The van der Waals surface area contributed by atoms with Gasteiger partial charge >= 0.3 is 0 Å². The summed E-state index contributed by atoms with van der Waals surface area (Å²) in [6, 6.07) is 4.72. The van der Waals surface area contributed by atoms with Gasteiger partial charge in [0.25, 0.3) is 0 Å². The molecule has 0 spiro atoms. The van der Waals surface area contributed by atoms with Gasteiger partial charge in [0.1, 0.15) is 4.90 Å². The van der Waals surface area contributed by atoms with E-state index >= 15 is 0 Å². The van der Waals surface area contributed by atoms with Crippen LogP contribution < -0.4 is 4.72 Å². The molecule has 1 aromatic rings. The van der Waals surface area contributed by atoms with Crippen molar-refractivity contribution < 1.29 is 13.2 Å². The molecule has 0 aromatic heterocycles. The maximum Gasteiger partial charge on any atom is 0.242 e. The summed E-state index contributed by atoms with van der Waals surface area (Å²) in [4.78, 5) is 0.106. The minimum absolute atomic E-state index is 0.106. The Kier molecular flexibility index (Phi) is 5.25. The second kappa shape index (κ2) is 6.54. The van der Waals surface area contributed by atoms with Crippen molar-refractivity contribution in [1.29, 1.82) is 0 Å². The molecule has 0 aliphatic carbocycles. The minimum atomic E-state index is -3.57. The van der Waals surface area contributed by atoms with Gasteiger partial charge in [-0.15, -0.1) is 0 Å². The van der Waals surface area contributed by atoms with Crippen LogP contribution >= 0.6 is 27.5 Å². The molecule has 2 rings (SSSR count). The van der Waals surface area contributed by atoms with Crippen molar-refractivity contribution in [2.24, 2.45) is 5.92 Å². The zero-order chi connectivity index (χ0) is 13.9. The minimum Gasteiger partial charge on any atom is -0.381 e. The summed E-state index contributed by atoms with van der Waals surface area (Å²) in [5, 5.41) is 0.210. The highest BCUT2D eigenvalue weighted by Crippen LogP contribution is 2.25. The maximum absolute atomic E-state index is 12.2. The van der Waals surface area contributed by atoms with Gasteiger partial charge in [-0.3, -0.25) is 0 Å². The fraction of sp³-hybridized carbons (Fsp3) is 0.500. The van der Waals surface area contributed by atoms with E-state index in [1.807, 2.05) is 0 Å². The third-order valence-corrected chi connectivity index (χ3v) is 5.40. The summed E-state index contributed by atoms with van der Waals surface area (Å²) < 4.78 is 33.0. The van der Waals surface area contributed by atoms with E-state index in [0.717, 1.165) is 23.9 Å². The molecule has 106 valence electrons. The third-order valence-electron chi connectivity index (χ3n) is 3.00. The van der Waals surface area contributed by atoms with Crippen LogP contribution in [0, 0.1) is 5.92 Å². The summed E-state index contributed by atoms with van der Waals surface area (Å²) >= 11 is 9.21. The first-order chi connectivity index (χ1) is 8.99. The molecule has 0 bridgehead atoms. The first kappa shape index (κ1) is 15.3. The Morgan fingerprint density at radius 1 is 1.47 bits per heavy atom. The van der Waals surface area contributed by atoms with Crippen LogP contribution in [0.5, 0.6) is 0 Å². The van der Waals surface area contributed by atoms with Crippen molar-refractivity contribution >= 4 is 37.6 Å². The number of hydrogen-bond acceptors (Lipinski definition) is 3. The van der Waals surface area contributed by atoms with Crippen LogP contribution in [0.15, 0.2) is 27.6 Å². The van der Waals surface area contributed by atoms with Crippen molar-refractivity contribution in [1.82, 2.24) is 4.72 Å². The van der Waals surface area contributed by atoms with Gasteiger partial charge in [-0.1, -0.05) is 27.5 Å². The Morgan fingerprint density at radius 2 is 2.26 bits per heavy atom. The van der Waals surface area contributed by atoms with Gasteiger partial charge < -0.3 is 4.74 Å². The maximum atomic E-state index is 12.2. The number of benzene rings is 1. The van der Waals surface area contributed by atoms with E-state index in [4.69, 9.17) is 16.3 Å². The van der Waals surface area contributed by atoms with Gasteiger partial charge in [-0.25, -0.2) is 13.1 Å². The van der Waals surface area contributed by atoms with Gasteiger partial charge in [-0.2, -0.15) is 0 Å². The van der Waals surface area contributed by atoms with Crippen LogP contribution in [0.3, 0.4) is 0 Å². The molecule has 1 saturated heterocycles. The SMILES string of the molecule is O=S(=O)(NCC1CCCOC1)c1ccc(Br)cc1Cl. The topological polar surface area (TPSA) is 55.4 Å². The lowest BCUT2D eigenvalue weighted by Crippen LogP contribution is -2.33. The molecule has 0 saturated carbocycles. The van der Waals surface area contributed by atoms with Crippen LogP contribution in [0.4, 0.5) is 0 Å². The Labute approximate surface area is 126 Å². The summed E-state index contributed by atoms with van der Waals surface area (Å²) in [6.45, 7) is 1.76. The Bertz CT molecular complexity index is 544. The van der Waals surface area contributed by atoms with E-state index in [9.17, 15) is 8.42 Å². The number of halogens is 2. The molecule has 1 aliphatic heterocycles. The number of hydrogen-bond donors (Lipinski definition) is 1. The van der Waals surface area contributed by atoms with Crippen LogP contribution in [-0.2, 0) is 14.8 Å². The molecule has 1 aromatic carbocycles. The zero-order valence-electron chi connectivity index (χ0n) is 10.2. The summed E-state index contributed by atoms with van der Waals surface area (Å²) in [5.74, 6) is 0.234. The predicted octanol–water partition coefficient (Wildman–Crippen LogP) is 2.81. The first-order valence-electron chi connectivity index (χ1n) is 6.01. The smallest absolute Gasteiger partial charge is 0.242 e. The van der Waals surface area contributed by atoms with Crippen molar-refractivity contribution in [2.45, 2.75) is 17.7 Å². The summed E-state index contributed by atoms with van der Waals surface area (Å²) in [7, 11) is -3.57. The number of rotatable bonds is 4. The van der Waals surface area contributed by atoms with E-state index in [0.29, 0.717) is 13.2 Å². The molecule has 1 fully saturated rings. The van der Waals surface area contributed by atoms with E-state index < -0.39 is 10.0 Å². The summed E-state index contributed by atoms with van der Waals surface area (Å²) in [5.41, 5.74) is 0. The summed E-state index contributed by atoms with van der Waals surface area (Å²) in [6.07, 6.45) is 1.96. The highest BCUT2D eigenvalue weighted by molar-refractivity contribution is 9.10. The molecule has 0 amide bonds. The average molecular weight is 369 g/mol. The monoisotopic (exact) mass is 367 g/mol. The first-order valence-corrected chi connectivity index (χ1v) is 8.67. The zero-order valence-corrected chi connectivity index (χ0v) is 13.4. The number of nitrogens with one attached hydrogen (secondary N) is 1. The van der Waals surface area contributed by atoms with Gasteiger partial charge in [0.2, 0.25) is 10.0 Å². The predicted molar refractivity (Wildman–Crippen MR) is 77.9 cm³/mol. The molecule has 0 radical (unpaired) electrons. The molecule has 1 heterocycles. The standard InChI is InChI=1S/C12H15BrClNO3S/c13-10-3-4-12(11(14)6-10)19(16,17)15-7-9-2-1-5-18-8-9/h3-4,6,9,15H,1-2,5,7-8H2. The van der Waals surface area contributed by atoms with Crippen LogP contribution in [0.25, 0.3) is 0 Å². The fourth-order valence-corrected chi connectivity index (χ4v) is 4.12.